The fraction of sp³-hybridized carbons (Fsp3) is 0.727. The molecule has 0 aromatic heterocycles. The third kappa shape index (κ3) is 8.24. The number of allylic oxidation sites excluding steroid dienone is 1. The molecule has 0 heterocycles. The summed E-state index contributed by atoms with van der Waals surface area (Å²) in [6.07, 6.45) is 3.24. The molecule has 0 radical (unpaired) electrons. The minimum atomic E-state index is -1.62. The lowest BCUT2D eigenvalue weighted by atomic mass is 10.3. The van der Waals surface area contributed by atoms with E-state index in [1.807, 2.05) is 0 Å². The van der Waals surface area contributed by atoms with Gasteiger partial charge >= 0.3 is 5.97 Å². The lowest BCUT2D eigenvalue weighted by Crippen LogP contribution is -2.25. The molecule has 0 aliphatic heterocycles. The van der Waals surface area contributed by atoms with Crippen LogP contribution in [0.15, 0.2) is 11.8 Å². The van der Waals surface area contributed by atoms with E-state index in [1.54, 1.807) is 6.92 Å². The van der Waals surface area contributed by atoms with Crippen LogP contribution >= 0.6 is 0 Å². The number of hydrogen-bond acceptors (Lipinski definition) is 3. The van der Waals surface area contributed by atoms with Crippen molar-refractivity contribution in [2.45, 2.75) is 46.3 Å². The van der Waals surface area contributed by atoms with E-state index in [4.69, 9.17) is 9.16 Å². The van der Waals surface area contributed by atoms with E-state index in [9.17, 15) is 4.79 Å². The molecule has 0 aromatic rings. The maximum absolute atomic E-state index is 11.3. The van der Waals surface area contributed by atoms with Crippen LogP contribution in [0.3, 0.4) is 0 Å². The molecule has 0 spiro atoms. The topological polar surface area (TPSA) is 35.5 Å². The van der Waals surface area contributed by atoms with Crippen molar-refractivity contribution in [3.05, 3.63) is 11.8 Å². The summed E-state index contributed by atoms with van der Waals surface area (Å²) in [7, 11) is -1.62. The maximum Gasteiger partial charge on any atom is 0.334 e. The molecule has 3 nitrogen and oxygen atoms in total. The van der Waals surface area contributed by atoms with Crippen molar-refractivity contribution in [3.63, 3.8) is 0 Å². The van der Waals surface area contributed by atoms with Crippen LogP contribution < -0.4 is 0 Å². The van der Waals surface area contributed by atoms with Crippen LogP contribution in [0.1, 0.15) is 26.7 Å². The van der Waals surface area contributed by atoms with Crippen molar-refractivity contribution >= 4 is 14.3 Å². The molecule has 0 bridgehead atoms. The molecule has 0 aromatic carbocycles. The van der Waals surface area contributed by atoms with Crippen LogP contribution in [0.5, 0.6) is 0 Å². The molecule has 88 valence electrons. The summed E-state index contributed by atoms with van der Waals surface area (Å²) in [6.45, 7) is 10.6. The molecule has 0 saturated heterocycles. The van der Waals surface area contributed by atoms with E-state index >= 15 is 0 Å². The van der Waals surface area contributed by atoms with Crippen LogP contribution in [0, 0.1) is 0 Å². The number of carbonyl (C=O) groups excluding carboxylic acids is 1. The largest absolute Gasteiger partial charge is 0.547 e. The third-order valence-electron chi connectivity index (χ3n) is 1.50. The first kappa shape index (κ1) is 14.2. The number of ether oxygens (including phenoxy) is 1. The third-order valence-corrected chi connectivity index (χ3v) is 2.37. The Kier molecular flexibility index (Phi) is 6.32. The molecule has 4 heteroatoms. The summed E-state index contributed by atoms with van der Waals surface area (Å²) < 4.78 is 10.6. The lowest BCUT2D eigenvalue weighted by molar-refractivity contribution is -0.137. The van der Waals surface area contributed by atoms with Crippen LogP contribution in [-0.4, -0.2) is 20.9 Å². The fourth-order valence-corrected chi connectivity index (χ4v) is 2.06. The summed E-state index contributed by atoms with van der Waals surface area (Å²) >= 11 is 0. The molecule has 0 rings (SSSR count). The molecule has 0 amide bonds. The Hall–Kier alpha value is -0.773. The Bertz CT molecular complexity index is 228. The van der Waals surface area contributed by atoms with Crippen LogP contribution in [0.4, 0.5) is 0 Å². The highest BCUT2D eigenvalue weighted by atomic mass is 28.4. The van der Waals surface area contributed by atoms with Gasteiger partial charge in [-0.3, -0.25) is 0 Å². The molecular weight excluding hydrogens is 208 g/mol. The summed E-state index contributed by atoms with van der Waals surface area (Å²) in [5.41, 5.74) is 0. The molecular formula is C11H22O3Si. The maximum atomic E-state index is 11.3. The monoisotopic (exact) mass is 230 g/mol. The zero-order valence-corrected chi connectivity index (χ0v) is 11.4. The summed E-state index contributed by atoms with van der Waals surface area (Å²) in [6, 6.07) is 0. The van der Waals surface area contributed by atoms with E-state index in [-0.39, 0.29) is 5.97 Å². The summed E-state index contributed by atoms with van der Waals surface area (Å²) in [4.78, 5) is 11.3. The SMILES string of the molecule is CCCC(=CC(=O)OCC)O[Si](C)(C)C. The highest BCUT2D eigenvalue weighted by Crippen LogP contribution is 2.15. The minimum Gasteiger partial charge on any atom is -0.547 e. The zero-order chi connectivity index (χ0) is 11.9. The normalized spacial score (nSPS) is 12.5. The van der Waals surface area contributed by atoms with E-state index in [0.29, 0.717) is 6.61 Å². The van der Waals surface area contributed by atoms with Gasteiger partial charge < -0.3 is 9.16 Å². The fourth-order valence-electron chi connectivity index (χ4n) is 1.11. The van der Waals surface area contributed by atoms with Crippen molar-refractivity contribution in [1.82, 2.24) is 0 Å². The van der Waals surface area contributed by atoms with Crippen molar-refractivity contribution in [3.8, 4) is 0 Å². The molecule has 0 aliphatic carbocycles. The van der Waals surface area contributed by atoms with Gasteiger partial charge in [-0.15, -0.1) is 0 Å². The second-order valence-corrected chi connectivity index (χ2v) is 8.76. The van der Waals surface area contributed by atoms with E-state index in [1.165, 1.54) is 6.08 Å². The first-order chi connectivity index (χ1) is 6.89. The number of hydrogen-bond donors (Lipinski definition) is 0. The van der Waals surface area contributed by atoms with Crippen molar-refractivity contribution in [2.24, 2.45) is 0 Å². The quantitative estimate of drug-likeness (QED) is 0.304. The van der Waals surface area contributed by atoms with Gasteiger partial charge in [-0.1, -0.05) is 6.92 Å². The Morgan fingerprint density at radius 2 is 1.87 bits per heavy atom. The summed E-state index contributed by atoms with van der Waals surface area (Å²) in [5, 5.41) is 0. The van der Waals surface area contributed by atoms with E-state index in [0.717, 1.165) is 18.6 Å². The molecule has 0 atom stereocenters. The van der Waals surface area contributed by atoms with Crippen molar-refractivity contribution in [2.75, 3.05) is 6.61 Å². The predicted molar refractivity (Wildman–Crippen MR) is 64.1 cm³/mol. The highest BCUT2D eigenvalue weighted by molar-refractivity contribution is 6.70. The summed E-state index contributed by atoms with van der Waals surface area (Å²) in [5.74, 6) is 0.453. The number of esters is 1. The smallest absolute Gasteiger partial charge is 0.334 e. The molecule has 0 unspecified atom stereocenters. The average Bonchev–Trinajstić information content (AvgIpc) is 2.01. The van der Waals surface area contributed by atoms with Crippen LogP contribution in [0.2, 0.25) is 19.6 Å². The number of carbonyl (C=O) groups is 1. The predicted octanol–water partition coefficient (Wildman–Crippen LogP) is 3.09. The molecule has 15 heavy (non-hydrogen) atoms. The molecule has 0 fully saturated rings. The van der Waals surface area contributed by atoms with Gasteiger partial charge in [0.05, 0.1) is 18.4 Å². The van der Waals surface area contributed by atoms with Crippen molar-refractivity contribution in [1.29, 1.82) is 0 Å². The van der Waals surface area contributed by atoms with Gasteiger partial charge in [-0.25, -0.2) is 4.79 Å². The Labute approximate surface area is 93.6 Å². The van der Waals surface area contributed by atoms with E-state index < -0.39 is 8.32 Å². The van der Waals surface area contributed by atoms with Gasteiger partial charge in [0.1, 0.15) is 0 Å². The standard InChI is InChI=1S/C11H22O3Si/c1-6-8-10(14-15(3,4)5)9-11(12)13-7-2/h9H,6-8H2,1-5H3. The minimum absolute atomic E-state index is 0.306. The Morgan fingerprint density at radius 3 is 2.27 bits per heavy atom. The second-order valence-electron chi connectivity index (χ2n) is 4.33. The Balaban J connectivity index is 4.43. The molecule has 0 aliphatic rings. The van der Waals surface area contributed by atoms with Gasteiger partial charge in [0.2, 0.25) is 8.32 Å². The highest BCUT2D eigenvalue weighted by Gasteiger charge is 2.18. The first-order valence-electron chi connectivity index (χ1n) is 5.45. The van der Waals surface area contributed by atoms with Crippen LogP contribution in [0.25, 0.3) is 0 Å². The Morgan fingerprint density at radius 1 is 1.27 bits per heavy atom. The average molecular weight is 230 g/mol. The number of rotatable bonds is 6. The molecule has 0 N–H and O–H groups in total. The van der Waals surface area contributed by atoms with Gasteiger partial charge in [-0.05, 0) is 33.0 Å². The van der Waals surface area contributed by atoms with Gasteiger partial charge in [0, 0.05) is 6.42 Å². The first-order valence-corrected chi connectivity index (χ1v) is 8.86. The van der Waals surface area contributed by atoms with Crippen LogP contribution in [-0.2, 0) is 14.0 Å². The van der Waals surface area contributed by atoms with Gasteiger partial charge in [0.25, 0.3) is 0 Å². The molecule has 0 saturated carbocycles. The zero-order valence-electron chi connectivity index (χ0n) is 10.4. The van der Waals surface area contributed by atoms with Gasteiger partial charge in [-0.2, -0.15) is 0 Å². The van der Waals surface area contributed by atoms with E-state index in [2.05, 4.69) is 26.6 Å². The second kappa shape index (κ2) is 6.66. The van der Waals surface area contributed by atoms with Crippen molar-refractivity contribution < 1.29 is 14.0 Å². The lowest BCUT2D eigenvalue weighted by Gasteiger charge is -2.21. The van der Waals surface area contributed by atoms with Gasteiger partial charge in [0.15, 0.2) is 0 Å².